The molecule has 0 saturated heterocycles. The third-order valence-electron chi connectivity index (χ3n) is 2.73. The first-order valence-corrected chi connectivity index (χ1v) is 6.38. The average Bonchev–Trinajstić information content (AvgIpc) is 2.42. The fourth-order valence-corrected chi connectivity index (χ4v) is 2.09. The molecule has 0 saturated carbocycles. The van der Waals surface area contributed by atoms with E-state index in [0.717, 1.165) is 5.56 Å². The fourth-order valence-electron chi connectivity index (χ4n) is 1.66. The SMILES string of the molecule is N#Cc1ccc(NCc2ccccc2N)c(F)c1Br. The van der Waals surface area contributed by atoms with E-state index in [9.17, 15) is 4.39 Å². The summed E-state index contributed by atoms with van der Waals surface area (Å²) in [7, 11) is 0. The van der Waals surface area contributed by atoms with Crippen molar-refractivity contribution in [3.8, 4) is 6.07 Å². The largest absolute Gasteiger partial charge is 0.398 e. The molecule has 2 aromatic carbocycles. The normalized spacial score (nSPS) is 9.95. The van der Waals surface area contributed by atoms with Crippen LogP contribution >= 0.6 is 15.9 Å². The van der Waals surface area contributed by atoms with Crippen molar-refractivity contribution in [3.63, 3.8) is 0 Å². The van der Waals surface area contributed by atoms with Crippen LogP contribution < -0.4 is 11.1 Å². The number of para-hydroxylation sites is 1. The van der Waals surface area contributed by atoms with Crippen LogP contribution in [0.15, 0.2) is 40.9 Å². The Morgan fingerprint density at radius 1 is 1.26 bits per heavy atom. The Morgan fingerprint density at radius 3 is 2.68 bits per heavy atom. The lowest BCUT2D eigenvalue weighted by atomic mass is 10.1. The molecule has 0 bridgehead atoms. The van der Waals surface area contributed by atoms with Gasteiger partial charge in [0.2, 0.25) is 0 Å². The molecule has 2 aromatic rings. The molecule has 96 valence electrons. The first kappa shape index (κ1) is 13.4. The highest BCUT2D eigenvalue weighted by atomic mass is 79.9. The first-order valence-electron chi connectivity index (χ1n) is 5.59. The molecule has 0 amide bonds. The molecule has 0 aromatic heterocycles. The number of hydrogen-bond donors (Lipinski definition) is 2. The van der Waals surface area contributed by atoms with E-state index in [0.29, 0.717) is 17.9 Å². The Bertz CT molecular complexity index is 650. The van der Waals surface area contributed by atoms with Gasteiger partial charge in [0.1, 0.15) is 6.07 Å². The Balaban J connectivity index is 2.20. The topological polar surface area (TPSA) is 61.8 Å². The van der Waals surface area contributed by atoms with Crippen molar-refractivity contribution < 1.29 is 4.39 Å². The minimum absolute atomic E-state index is 0.168. The summed E-state index contributed by atoms with van der Waals surface area (Å²) in [4.78, 5) is 0. The van der Waals surface area contributed by atoms with E-state index in [1.165, 1.54) is 6.07 Å². The van der Waals surface area contributed by atoms with E-state index in [4.69, 9.17) is 11.0 Å². The molecular formula is C14H11BrFN3. The molecule has 19 heavy (non-hydrogen) atoms. The Kier molecular flexibility index (Phi) is 4.03. The number of halogens is 2. The van der Waals surface area contributed by atoms with Crippen molar-refractivity contribution in [3.05, 3.63) is 57.8 Å². The molecule has 5 heteroatoms. The van der Waals surface area contributed by atoms with Gasteiger partial charge in [-0.3, -0.25) is 0 Å². The van der Waals surface area contributed by atoms with E-state index in [-0.39, 0.29) is 10.0 Å². The van der Waals surface area contributed by atoms with Crippen molar-refractivity contribution in [2.24, 2.45) is 0 Å². The van der Waals surface area contributed by atoms with Gasteiger partial charge in [0.05, 0.1) is 15.7 Å². The number of nitrogens with zero attached hydrogens (tertiary/aromatic N) is 1. The number of hydrogen-bond acceptors (Lipinski definition) is 3. The predicted octanol–water partition coefficient (Wildman–Crippen LogP) is 3.65. The Labute approximate surface area is 119 Å². The second-order valence-corrected chi connectivity index (χ2v) is 4.75. The lowest BCUT2D eigenvalue weighted by Gasteiger charge is -2.10. The average molecular weight is 320 g/mol. The zero-order valence-corrected chi connectivity index (χ0v) is 11.5. The van der Waals surface area contributed by atoms with E-state index < -0.39 is 5.82 Å². The molecule has 0 fully saturated rings. The maximum Gasteiger partial charge on any atom is 0.161 e. The molecule has 0 aliphatic rings. The van der Waals surface area contributed by atoms with Gasteiger partial charge in [-0.1, -0.05) is 18.2 Å². The second kappa shape index (κ2) is 5.72. The lowest BCUT2D eigenvalue weighted by molar-refractivity contribution is 0.623. The highest BCUT2D eigenvalue weighted by Gasteiger charge is 2.10. The zero-order chi connectivity index (χ0) is 13.8. The molecule has 3 nitrogen and oxygen atoms in total. The maximum atomic E-state index is 14.0. The molecule has 2 rings (SSSR count). The Morgan fingerprint density at radius 2 is 2.00 bits per heavy atom. The quantitative estimate of drug-likeness (QED) is 0.849. The molecule has 0 aliphatic carbocycles. The third-order valence-corrected chi connectivity index (χ3v) is 3.50. The van der Waals surface area contributed by atoms with Crippen molar-refractivity contribution in [2.75, 3.05) is 11.1 Å². The van der Waals surface area contributed by atoms with Crippen molar-refractivity contribution in [2.45, 2.75) is 6.54 Å². The van der Waals surface area contributed by atoms with Crippen molar-refractivity contribution >= 4 is 27.3 Å². The van der Waals surface area contributed by atoms with Crippen LogP contribution in [-0.2, 0) is 6.54 Å². The van der Waals surface area contributed by atoms with Crippen LogP contribution in [0.25, 0.3) is 0 Å². The van der Waals surface area contributed by atoms with Crippen LogP contribution in [0.3, 0.4) is 0 Å². The van der Waals surface area contributed by atoms with Crippen LogP contribution in [0.1, 0.15) is 11.1 Å². The summed E-state index contributed by atoms with van der Waals surface area (Å²) in [5.74, 6) is -0.478. The molecule has 0 aliphatic heterocycles. The molecule has 0 heterocycles. The van der Waals surface area contributed by atoms with Crippen LogP contribution in [0.5, 0.6) is 0 Å². The summed E-state index contributed by atoms with van der Waals surface area (Å²) in [5, 5.41) is 11.8. The van der Waals surface area contributed by atoms with E-state index in [1.807, 2.05) is 24.3 Å². The number of nitrogens with two attached hydrogens (primary N) is 1. The summed E-state index contributed by atoms with van der Waals surface area (Å²) in [6, 6.07) is 12.4. The third kappa shape index (κ3) is 2.85. The monoisotopic (exact) mass is 319 g/mol. The summed E-state index contributed by atoms with van der Waals surface area (Å²) < 4.78 is 14.1. The van der Waals surface area contributed by atoms with Gasteiger partial charge < -0.3 is 11.1 Å². The van der Waals surface area contributed by atoms with E-state index in [2.05, 4.69) is 21.2 Å². The molecule has 0 atom stereocenters. The molecule has 3 N–H and O–H groups in total. The number of nitrogen functional groups attached to an aromatic ring is 1. The number of benzene rings is 2. The number of nitriles is 1. The van der Waals surface area contributed by atoms with Gasteiger partial charge in [0.25, 0.3) is 0 Å². The minimum Gasteiger partial charge on any atom is -0.398 e. The van der Waals surface area contributed by atoms with Gasteiger partial charge >= 0.3 is 0 Å². The Hall–Kier alpha value is -2.06. The molecule has 0 unspecified atom stereocenters. The van der Waals surface area contributed by atoms with Gasteiger partial charge in [-0.25, -0.2) is 4.39 Å². The predicted molar refractivity (Wildman–Crippen MR) is 77.0 cm³/mol. The summed E-state index contributed by atoms with van der Waals surface area (Å²) in [6.45, 7) is 0.419. The van der Waals surface area contributed by atoms with E-state index in [1.54, 1.807) is 12.1 Å². The van der Waals surface area contributed by atoms with Crippen LogP contribution in [-0.4, -0.2) is 0 Å². The molecular weight excluding hydrogens is 309 g/mol. The second-order valence-electron chi connectivity index (χ2n) is 3.95. The smallest absolute Gasteiger partial charge is 0.161 e. The highest BCUT2D eigenvalue weighted by Crippen LogP contribution is 2.27. The number of anilines is 2. The standard InChI is InChI=1S/C14H11BrFN3/c15-13-9(7-17)5-6-12(14(13)16)19-8-10-3-1-2-4-11(10)18/h1-6,19H,8,18H2. The van der Waals surface area contributed by atoms with Crippen LogP contribution in [0.4, 0.5) is 15.8 Å². The number of rotatable bonds is 3. The van der Waals surface area contributed by atoms with Crippen molar-refractivity contribution in [1.82, 2.24) is 0 Å². The molecule has 0 spiro atoms. The summed E-state index contributed by atoms with van der Waals surface area (Å²) in [5.41, 5.74) is 7.95. The van der Waals surface area contributed by atoms with Gasteiger partial charge in [-0.05, 0) is 39.7 Å². The van der Waals surface area contributed by atoms with Crippen molar-refractivity contribution in [1.29, 1.82) is 5.26 Å². The van der Waals surface area contributed by atoms with Gasteiger partial charge in [-0.2, -0.15) is 5.26 Å². The van der Waals surface area contributed by atoms with E-state index >= 15 is 0 Å². The lowest BCUT2D eigenvalue weighted by Crippen LogP contribution is -2.04. The molecule has 0 radical (unpaired) electrons. The zero-order valence-electron chi connectivity index (χ0n) is 9.95. The fraction of sp³-hybridized carbons (Fsp3) is 0.0714. The van der Waals surface area contributed by atoms with Crippen LogP contribution in [0.2, 0.25) is 0 Å². The minimum atomic E-state index is -0.478. The maximum absolute atomic E-state index is 14.0. The first-order chi connectivity index (χ1) is 9.13. The van der Waals surface area contributed by atoms with Crippen LogP contribution in [0, 0.1) is 17.1 Å². The summed E-state index contributed by atoms with van der Waals surface area (Å²) in [6.07, 6.45) is 0. The number of nitrogens with one attached hydrogen (secondary N) is 1. The summed E-state index contributed by atoms with van der Waals surface area (Å²) >= 11 is 3.07. The highest BCUT2D eigenvalue weighted by molar-refractivity contribution is 9.10. The van der Waals surface area contributed by atoms with Gasteiger partial charge in [0.15, 0.2) is 5.82 Å². The van der Waals surface area contributed by atoms with Gasteiger partial charge in [0, 0.05) is 12.2 Å². The van der Waals surface area contributed by atoms with Gasteiger partial charge in [-0.15, -0.1) is 0 Å².